The lowest BCUT2D eigenvalue weighted by molar-refractivity contribution is -0.119. The highest BCUT2D eigenvalue weighted by Gasteiger charge is 2.21. The van der Waals surface area contributed by atoms with Gasteiger partial charge in [-0.2, -0.15) is 5.10 Å². The Morgan fingerprint density at radius 3 is 2.44 bits per heavy atom. The number of nitrogens with one attached hydrogen (secondary N) is 1. The van der Waals surface area contributed by atoms with E-state index in [-0.39, 0.29) is 11.5 Å². The Balaban J connectivity index is 1.95. The van der Waals surface area contributed by atoms with Crippen molar-refractivity contribution in [2.45, 2.75) is 33.2 Å². The Kier molecular flexibility index (Phi) is 5.50. The second kappa shape index (κ2) is 7.99. The van der Waals surface area contributed by atoms with Gasteiger partial charge in [0, 0.05) is 17.3 Å². The monoisotopic (exact) mass is 361 g/mol. The molecule has 1 amide bonds. The highest BCUT2D eigenvalue weighted by molar-refractivity contribution is 5.93. The zero-order valence-electron chi connectivity index (χ0n) is 15.8. The van der Waals surface area contributed by atoms with Crippen LogP contribution >= 0.6 is 0 Å². The third-order valence-corrected chi connectivity index (χ3v) is 4.65. The molecule has 0 aliphatic rings. The fourth-order valence-corrected chi connectivity index (χ4v) is 2.92. The molecule has 27 heavy (non-hydrogen) atoms. The lowest BCUT2D eigenvalue weighted by Crippen LogP contribution is -2.34. The van der Waals surface area contributed by atoms with Crippen LogP contribution in [0, 0.1) is 13.8 Å². The van der Waals surface area contributed by atoms with Crippen molar-refractivity contribution in [1.29, 1.82) is 0 Å². The third-order valence-electron chi connectivity index (χ3n) is 4.65. The number of amides is 1. The molecule has 1 unspecified atom stereocenters. The maximum Gasteiger partial charge on any atom is 0.267 e. The van der Waals surface area contributed by atoms with Crippen molar-refractivity contribution in [1.82, 2.24) is 9.78 Å². The fourth-order valence-electron chi connectivity index (χ4n) is 2.92. The van der Waals surface area contributed by atoms with Gasteiger partial charge < -0.3 is 5.32 Å². The third kappa shape index (κ3) is 4.14. The molecular weight excluding hydrogens is 338 g/mol. The average molecular weight is 361 g/mol. The van der Waals surface area contributed by atoms with Crippen molar-refractivity contribution in [2.75, 3.05) is 5.32 Å². The summed E-state index contributed by atoms with van der Waals surface area (Å²) in [5, 5.41) is 7.35. The van der Waals surface area contributed by atoms with Gasteiger partial charge in [0.25, 0.3) is 5.56 Å². The van der Waals surface area contributed by atoms with E-state index in [0.717, 1.165) is 11.1 Å². The molecule has 0 saturated carbocycles. The molecule has 0 fully saturated rings. The number of nitrogens with zero attached hydrogens (tertiary/aromatic N) is 2. The lowest BCUT2D eigenvalue weighted by atomic mass is 10.0. The van der Waals surface area contributed by atoms with Gasteiger partial charge in [0.05, 0.1) is 5.69 Å². The van der Waals surface area contributed by atoms with Crippen LogP contribution in [-0.2, 0) is 4.79 Å². The molecule has 2 aromatic carbocycles. The first-order chi connectivity index (χ1) is 13.0. The molecule has 0 saturated heterocycles. The van der Waals surface area contributed by atoms with Gasteiger partial charge in [0.1, 0.15) is 6.04 Å². The van der Waals surface area contributed by atoms with E-state index >= 15 is 0 Å². The van der Waals surface area contributed by atoms with Gasteiger partial charge >= 0.3 is 0 Å². The quantitative estimate of drug-likeness (QED) is 0.743. The Morgan fingerprint density at radius 1 is 1.04 bits per heavy atom. The summed E-state index contributed by atoms with van der Waals surface area (Å²) in [6, 6.07) is 17.7. The number of aromatic nitrogens is 2. The molecule has 0 aliphatic carbocycles. The predicted octanol–water partition coefficient (Wildman–Crippen LogP) is 4.12. The Morgan fingerprint density at radius 2 is 1.78 bits per heavy atom. The molecule has 0 spiro atoms. The number of para-hydroxylation sites is 1. The average Bonchev–Trinajstić information content (AvgIpc) is 2.67. The van der Waals surface area contributed by atoms with Crippen molar-refractivity contribution in [3.05, 3.63) is 82.1 Å². The van der Waals surface area contributed by atoms with Crippen molar-refractivity contribution < 1.29 is 4.79 Å². The van der Waals surface area contributed by atoms with Crippen LogP contribution < -0.4 is 10.9 Å². The highest BCUT2D eigenvalue weighted by atomic mass is 16.2. The molecule has 1 N–H and O–H groups in total. The number of rotatable bonds is 5. The first-order valence-corrected chi connectivity index (χ1v) is 9.03. The summed E-state index contributed by atoms with van der Waals surface area (Å²) in [5.41, 5.74) is 4.34. The van der Waals surface area contributed by atoms with E-state index in [1.807, 2.05) is 62.4 Å². The number of carbonyl (C=O) groups excluding carboxylic acids is 1. The molecular formula is C22H23N3O2. The maximum atomic E-state index is 12.7. The van der Waals surface area contributed by atoms with Gasteiger partial charge in [-0.05, 0) is 55.7 Å². The smallest absolute Gasteiger partial charge is 0.267 e. The molecule has 5 heteroatoms. The van der Waals surface area contributed by atoms with Gasteiger partial charge in [-0.25, -0.2) is 4.68 Å². The topological polar surface area (TPSA) is 64.0 Å². The van der Waals surface area contributed by atoms with Crippen molar-refractivity contribution >= 4 is 11.6 Å². The van der Waals surface area contributed by atoms with Gasteiger partial charge in [-0.15, -0.1) is 0 Å². The number of carbonyl (C=O) groups is 1. The van der Waals surface area contributed by atoms with Crippen molar-refractivity contribution in [3.63, 3.8) is 0 Å². The summed E-state index contributed by atoms with van der Waals surface area (Å²) >= 11 is 0. The standard InChI is InChI=1S/C22H23N3O2/c1-4-20(22(27)23-18-8-6-5-7-9-18)25-21(26)13-12-19(24-25)17-11-10-15(2)16(3)14-17/h5-14,20H,4H2,1-3H3,(H,23,27). The van der Waals surface area contributed by atoms with E-state index < -0.39 is 6.04 Å². The fraction of sp³-hybridized carbons (Fsp3) is 0.227. The molecule has 0 aliphatic heterocycles. The Bertz CT molecular complexity index is 1010. The first kappa shape index (κ1) is 18.6. The van der Waals surface area contributed by atoms with Crippen LogP contribution in [0.3, 0.4) is 0 Å². The summed E-state index contributed by atoms with van der Waals surface area (Å²) in [5.74, 6) is -0.254. The van der Waals surface area contributed by atoms with Crippen LogP contribution in [0.15, 0.2) is 65.5 Å². The highest BCUT2D eigenvalue weighted by Crippen LogP contribution is 2.20. The minimum absolute atomic E-state index is 0.254. The van der Waals surface area contributed by atoms with Crippen LogP contribution in [0.4, 0.5) is 5.69 Å². The first-order valence-electron chi connectivity index (χ1n) is 9.03. The molecule has 0 bridgehead atoms. The second-order valence-corrected chi connectivity index (χ2v) is 6.58. The predicted molar refractivity (Wildman–Crippen MR) is 108 cm³/mol. The number of anilines is 1. The summed E-state index contributed by atoms with van der Waals surface area (Å²) < 4.78 is 1.28. The number of aryl methyl sites for hydroxylation is 2. The zero-order chi connectivity index (χ0) is 19.4. The van der Waals surface area contributed by atoms with Gasteiger partial charge in [0.2, 0.25) is 5.91 Å². The Hall–Kier alpha value is -3.21. The number of benzene rings is 2. The van der Waals surface area contributed by atoms with Crippen LogP contribution in [0.5, 0.6) is 0 Å². The molecule has 3 rings (SSSR count). The van der Waals surface area contributed by atoms with E-state index in [4.69, 9.17) is 0 Å². The van der Waals surface area contributed by atoms with E-state index in [9.17, 15) is 9.59 Å². The van der Waals surface area contributed by atoms with Gasteiger partial charge in [-0.3, -0.25) is 9.59 Å². The van der Waals surface area contributed by atoms with Crippen LogP contribution in [0.25, 0.3) is 11.3 Å². The van der Waals surface area contributed by atoms with E-state index in [0.29, 0.717) is 17.8 Å². The molecule has 1 heterocycles. The number of hydrogen-bond acceptors (Lipinski definition) is 3. The summed E-state index contributed by atoms with van der Waals surface area (Å²) in [6.45, 7) is 5.96. The van der Waals surface area contributed by atoms with Gasteiger partial charge in [-0.1, -0.05) is 37.3 Å². The van der Waals surface area contributed by atoms with E-state index in [1.54, 1.807) is 6.07 Å². The van der Waals surface area contributed by atoms with Crippen molar-refractivity contribution in [3.8, 4) is 11.3 Å². The summed E-state index contributed by atoms with van der Waals surface area (Å²) in [7, 11) is 0. The summed E-state index contributed by atoms with van der Waals surface area (Å²) in [4.78, 5) is 25.1. The normalized spacial score (nSPS) is 11.8. The molecule has 138 valence electrons. The second-order valence-electron chi connectivity index (χ2n) is 6.58. The Labute approximate surface area is 158 Å². The molecule has 1 atom stereocenters. The maximum absolute atomic E-state index is 12.7. The van der Waals surface area contributed by atoms with E-state index in [2.05, 4.69) is 17.3 Å². The van der Waals surface area contributed by atoms with Crippen LogP contribution in [0.2, 0.25) is 0 Å². The molecule has 0 radical (unpaired) electrons. The SMILES string of the molecule is CCC(C(=O)Nc1ccccc1)n1nc(-c2ccc(C)c(C)c2)ccc1=O. The van der Waals surface area contributed by atoms with Crippen LogP contribution in [0.1, 0.15) is 30.5 Å². The summed E-state index contributed by atoms with van der Waals surface area (Å²) in [6.07, 6.45) is 0.460. The molecule has 3 aromatic rings. The van der Waals surface area contributed by atoms with Crippen LogP contribution in [-0.4, -0.2) is 15.7 Å². The van der Waals surface area contributed by atoms with Crippen molar-refractivity contribution in [2.24, 2.45) is 0 Å². The largest absolute Gasteiger partial charge is 0.324 e. The minimum atomic E-state index is -0.677. The number of hydrogen-bond donors (Lipinski definition) is 1. The lowest BCUT2D eigenvalue weighted by Gasteiger charge is -2.17. The minimum Gasteiger partial charge on any atom is -0.324 e. The van der Waals surface area contributed by atoms with E-state index in [1.165, 1.54) is 16.3 Å². The molecule has 1 aromatic heterocycles. The molecule has 5 nitrogen and oxygen atoms in total. The zero-order valence-corrected chi connectivity index (χ0v) is 15.8. The van der Waals surface area contributed by atoms with Gasteiger partial charge in [0.15, 0.2) is 0 Å².